The number of hydrogen-bond acceptors (Lipinski definition) is 1. The molecule has 0 radical (unpaired) electrons. The molecule has 2 N–H and O–H groups in total. The normalized spacial score (nSPS) is 10.6. The van der Waals surface area contributed by atoms with E-state index in [4.69, 9.17) is 5.73 Å². The molecule has 0 amide bonds. The molecule has 2 aromatic carbocycles. The minimum Gasteiger partial charge on any atom is -1.00 e. The highest BCUT2D eigenvalue weighted by Gasteiger charge is 2.28. The first kappa shape index (κ1) is 27.4. The fraction of sp³-hybridized carbons (Fsp3) is 0.286. The van der Waals surface area contributed by atoms with E-state index in [1.807, 2.05) is 24.4 Å². The third kappa shape index (κ3) is 4.98. The minimum atomic E-state index is 0. The number of nitrogens with two attached hydrogens (primary N) is 1. The smallest absolute Gasteiger partial charge is 0.272 e. The Bertz CT molecular complexity index is 1290. The van der Waals surface area contributed by atoms with Gasteiger partial charge < -0.3 is 24.8 Å². The van der Waals surface area contributed by atoms with Gasteiger partial charge in [0.1, 0.15) is 11.4 Å². The number of aryl methyl sites for hydroxylation is 6. The maximum Gasteiger partial charge on any atom is 0.272 e. The highest BCUT2D eigenvalue weighted by Crippen LogP contribution is 2.25. The van der Waals surface area contributed by atoms with E-state index in [0.29, 0.717) is 6.54 Å². The molecule has 0 saturated carbocycles. The first-order valence-corrected chi connectivity index (χ1v) is 11.2. The van der Waals surface area contributed by atoms with Gasteiger partial charge in [0.05, 0.1) is 6.20 Å². The van der Waals surface area contributed by atoms with Crippen LogP contribution in [0, 0.1) is 48.5 Å². The van der Waals surface area contributed by atoms with Crippen LogP contribution < -0.4 is 39.7 Å². The summed E-state index contributed by atoms with van der Waals surface area (Å²) in [6.07, 6.45) is 4.30. The largest absolute Gasteiger partial charge is 1.00 e. The summed E-state index contributed by atoms with van der Waals surface area (Å²) < 4.78 is 6.81. The fourth-order valence-electron chi connectivity index (χ4n) is 5.09. The quantitative estimate of drug-likeness (QED) is 0.355. The predicted octanol–water partition coefficient (Wildman–Crippen LogP) is -1.16. The lowest BCUT2D eigenvalue weighted by Crippen LogP contribution is -3.00. The molecule has 34 heavy (non-hydrogen) atoms. The number of pyridine rings is 1. The Labute approximate surface area is 215 Å². The van der Waals surface area contributed by atoms with Crippen LogP contribution in [0.5, 0.6) is 0 Å². The Morgan fingerprint density at radius 1 is 0.765 bits per heavy atom. The molecule has 0 saturated heterocycles. The number of nitrogens with zero attached hydrogens (tertiary/aromatic N) is 3. The van der Waals surface area contributed by atoms with E-state index in [1.54, 1.807) is 0 Å². The lowest BCUT2D eigenvalue weighted by atomic mass is 10.0. The summed E-state index contributed by atoms with van der Waals surface area (Å²) in [5.41, 5.74) is 18.9. The van der Waals surface area contributed by atoms with Gasteiger partial charge >= 0.3 is 0 Å². The van der Waals surface area contributed by atoms with Crippen molar-refractivity contribution in [1.82, 2.24) is 4.57 Å². The second-order valence-electron chi connectivity index (χ2n) is 9.14. The van der Waals surface area contributed by atoms with Gasteiger partial charge in [-0.1, -0.05) is 41.5 Å². The molecule has 0 aliphatic rings. The molecule has 180 valence electrons. The summed E-state index contributed by atoms with van der Waals surface area (Å²) in [5.74, 6) is 0.756. The number of anilines is 1. The summed E-state index contributed by atoms with van der Waals surface area (Å²) in [6.45, 7) is 16.0. The zero-order valence-electron chi connectivity index (χ0n) is 21.1. The van der Waals surface area contributed by atoms with Crippen LogP contribution >= 0.6 is 0 Å². The van der Waals surface area contributed by atoms with E-state index < -0.39 is 0 Å². The molecule has 6 heteroatoms. The Balaban J connectivity index is 0.00000204. The monoisotopic (exact) mass is 496 g/mol. The van der Waals surface area contributed by atoms with E-state index in [9.17, 15) is 0 Å². The number of imidazole rings is 1. The highest BCUT2D eigenvalue weighted by molar-refractivity contribution is 5.51. The van der Waals surface area contributed by atoms with Crippen molar-refractivity contribution in [2.75, 3.05) is 5.73 Å². The fourth-order valence-corrected chi connectivity index (χ4v) is 5.09. The van der Waals surface area contributed by atoms with Crippen molar-refractivity contribution in [1.29, 1.82) is 0 Å². The molecule has 4 aromatic rings. The topological polar surface area (TPSA) is 38.7 Å². The van der Waals surface area contributed by atoms with Crippen LogP contribution in [0.3, 0.4) is 0 Å². The molecule has 4 nitrogen and oxygen atoms in total. The van der Waals surface area contributed by atoms with Gasteiger partial charge in [-0.2, -0.15) is 9.13 Å². The van der Waals surface area contributed by atoms with Gasteiger partial charge in [-0.15, -0.1) is 0 Å². The molecule has 0 spiro atoms. The Morgan fingerprint density at radius 2 is 1.29 bits per heavy atom. The van der Waals surface area contributed by atoms with E-state index in [1.165, 1.54) is 56.1 Å². The molecule has 0 atom stereocenters. The van der Waals surface area contributed by atoms with Gasteiger partial charge in [-0.05, 0) is 69.9 Å². The summed E-state index contributed by atoms with van der Waals surface area (Å²) in [4.78, 5) is 0. The van der Waals surface area contributed by atoms with Crippen LogP contribution in [0.15, 0.2) is 55.0 Å². The maximum atomic E-state index is 6.32. The average molecular weight is 498 g/mol. The standard InChI is InChI=1S/C28H33N4.2ClH/c1-18-12-20(3)27(21(4)13-18)31-17-32(28-22(5)14-19(2)15-23(28)6)25(24(31)7)16-30-11-9-8-10-26(30)29;;/h8-15,17,29H,16H2,1-7H3;2*1H/q+1;;/p-1. The summed E-state index contributed by atoms with van der Waals surface area (Å²) >= 11 is 0. The van der Waals surface area contributed by atoms with Crippen molar-refractivity contribution < 1.29 is 33.9 Å². The molecule has 0 aliphatic carbocycles. The van der Waals surface area contributed by atoms with E-state index >= 15 is 0 Å². The van der Waals surface area contributed by atoms with Gasteiger partial charge in [0, 0.05) is 13.0 Å². The number of aromatic nitrogens is 3. The predicted molar refractivity (Wildman–Crippen MR) is 131 cm³/mol. The van der Waals surface area contributed by atoms with Crippen molar-refractivity contribution in [3.05, 3.63) is 99.8 Å². The van der Waals surface area contributed by atoms with Crippen LogP contribution in [0.1, 0.15) is 44.8 Å². The third-order valence-electron chi connectivity index (χ3n) is 6.35. The van der Waals surface area contributed by atoms with Gasteiger partial charge in [0.25, 0.3) is 12.1 Å². The number of nitrogen functional groups attached to an aromatic ring is 1. The lowest BCUT2D eigenvalue weighted by molar-refractivity contribution is -0.704. The van der Waals surface area contributed by atoms with Crippen molar-refractivity contribution in [2.45, 2.75) is 55.0 Å². The second kappa shape index (κ2) is 10.6. The molecule has 4 rings (SSSR count). The molecule has 2 aromatic heterocycles. The van der Waals surface area contributed by atoms with Crippen molar-refractivity contribution in [3.63, 3.8) is 0 Å². The summed E-state index contributed by atoms with van der Waals surface area (Å²) in [6, 6.07) is 15.0. The molecule has 0 unspecified atom stereocenters. The van der Waals surface area contributed by atoms with Gasteiger partial charge in [0.2, 0.25) is 0 Å². The SMILES string of the molecule is Cc1cc(C)c(-n2c[n+](-c3c(C)cc(C)cc3C)c(C[n+]3ccccc3N)c2C)c(C)c1.[Cl-].[Cl-]. The van der Waals surface area contributed by atoms with Crippen LogP contribution in [0.2, 0.25) is 0 Å². The number of halogens is 2. The first-order chi connectivity index (χ1) is 15.2. The highest BCUT2D eigenvalue weighted by atomic mass is 35.5. The molecule has 0 aliphatic heterocycles. The first-order valence-electron chi connectivity index (χ1n) is 11.2. The van der Waals surface area contributed by atoms with Gasteiger partial charge in [-0.25, -0.2) is 4.57 Å². The third-order valence-corrected chi connectivity index (χ3v) is 6.35. The average Bonchev–Trinajstić information content (AvgIpc) is 2.98. The molecule has 0 bridgehead atoms. The van der Waals surface area contributed by atoms with Gasteiger partial charge in [0.15, 0.2) is 17.9 Å². The van der Waals surface area contributed by atoms with Crippen molar-refractivity contribution >= 4 is 5.82 Å². The number of benzene rings is 2. The van der Waals surface area contributed by atoms with E-state index in [0.717, 1.165) is 5.82 Å². The molecular formula is C28H34Cl2N4. The van der Waals surface area contributed by atoms with Crippen LogP contribution in [-0.2, 0) is 6.54 Å². The van der Waals surface area contributed by atoms with E-state index in [-0.39, 0.29) is 24.8 Å². The Hall–Kier alpha value is -2.82. The van der Waals surface area contributed by atoms with Crippen molar-refractivity contribution in [3.8, 4) is 11.4 Å². The Morgan fingerprint density at radius 3 is 1.82 bits per heavy atom. The van der Waals surface area contributed by atoms with Crippen LogP contribution in [0.25, 0.3) is 11.4 Å². The van der Waals surface area contributed by atoms with Crippen LogP contribution in [0.4, 0.5) is 5.82 Å². The molecule has 2 heterocycles. The van der Waals surface area contributed by atoms with Crippen molar-refractivity contribution in [2.24, 2.45) is 0 Å². The van der Waals surface area contributed by atoms with Gasteiger partial charge in [-0.3, -0.25) is 5.73 Å². The lowest BCUT2D eigenvalue weighted by Gasteiger charge is -2.10. The summed E-state index contributed by atoms with van der Waals surface area (Å²) in [5, 5.41) is 0. The Kier molecular flexibility index (Phi) is 8.57. The maximum absolute atomic E-state index is 6.32. The van der Waals surface area contributed by atoms with Crippen LogP contribution in [-0.4, -0.2) is 4.57 Å². The number of hydrogen-bond donors (Lipinski definition) is 1. The molecule has 0 fully saturated rings. The summed E-state index contributed by atoms with van der Waals surface area (Å²) in [7, 11) is 0. The zero-order chi connectivity index (χ0) is 23.2. The molecular weight excluding hydrogens is 463 g/mol. The van der Waals surface area contributed by atoms with E-state index in [2.05, 4.69) is 92.8 Å². The zero-order valence-corrected chi connectivity index (χ0v) is 22.6. The minimum absolute atomic E-state index is 0. The number of rotatable bonds is 4. The second-order valence-corrected chi connectivity index (χ2v) is 9.14.